The Labute approximate surface area is 94.2 Å². The molecule has 15 heavy (non-hydrogen) atoms. The summed E-state index contributed by atoms with van der Waals surface area (Å²) in [5.41, 5.74) is -0.612. The maximum atomic E-state index is 9.88. The molecule has 0 rings (SSSR count). The van der Waals surface area contributed by atoms with E-state index in [2.05, 4.69) is 19.2 Å². The van der Waals surface area contributed by atoms with Gasteiger partial charge in [-0.25, -0.2) is 0 Å². The van der Waals surface area contributed by atoms with E-state index in [0.717, 1.165) is 13.0 Å². The molecule has 0 heterocycles. The van der Waals surface area contributed by atoms with E-state index in [1.807, 2.05) is 20.8 Å². The molecule has 0 saturated carbocycles. The van der Waals surface area contributed by atoms with E-state index in [-0.39, 0.29) is 0 Å². The highest BCUT2D eigenvalue weighted by Crippen LogP contribution is 2.09. The Balaban J connectivity index is 3.95. The maximum Gasteiger partial charge on any atom is 0.0741 e. The van der Waals surface area contributed by atoms with Gasteiger partial charge in [-0.1, -0.05) is 20.8 Å². The zero-order chi connectivity index (χ0) is 11.9. The Morgan fingerprint density at radius 1 is 1.33 bits per heavy atom. The zero-order valence-electron chi connectivity index (χ0n) is 10.8. The topological polar surface area (TPSA) is 41.5 Å². The number of aliphatic hydroxyl groups is 1. The average Bonchev–Trinajstić information content (AvgIpc) is 2.17. The maximum absolute atomic E-state index is 9.88. The lowest BCUT2D eigenvalue weighted by molar-refractivity contribution is 0.0413. The van der Waals surface area contributed by atoms with Crippen LogP contribution in [0.15, 0.2) is 0 Å². The van der Waals surface area contributed by atoms with Gasteiger partial charge in [0.2, 0.25) is 0 Å². The highest BCUT2D eigenvalue weighted by atomic mass is 16.5. The summed E-state index contributed by atoms with van der Waals surface area (Å²) in [6.07, 6.45) is 0.763. The molecule has 0 bridgehead atoms. The fraction of sp³-hybridized carbons (Fsp3) is 1.00. The van der Waals surface area contributed by atoms with Gasteiger partial charge >= 0.3 is 0 Å². The summed E-state index contributed by atoms with van der Waals surface area (Å²) in [6, 6.07) is 0.322. The molecule has 2 atom stereocenters. The minimum absolute atomic E-state index is 0.322. The van der Waals surface area contributed by atoms with E-state index in [4.69, 9.17) is 4.74 Å². The Morgan fingerprint density at radius 2 is 1.93 bits per heavy atom. The second-order valence-corrected chi connectivity index (χ2v) is 4.74. The first kappa shape index (κ1) is 14.9. The molecule has 0 saturated heterocycles. The third-order valence-electron chi connectivity index (χ3n) is 2.81. The first-order chi connectivity index (χ1) is 6.93. The van der Waals surface area contributed by atoms with Crippen molar-refractivity contribution in [1.29, 1.82) is 0 Å². The lowest BCUT2D eigenvalue weighted by atomic mass is 10.0. The van der Waals surface area contributed by atoms with Crippen molar-refractivity contribution < 1.29 is 9.84 Å². The highest BCUT2D eigenvalue weighted by molar-refractivity contribution is 4.78. The lowest BCUT2D eigenvalue weighted by Crippen LogP contribution is -2.46. The summed E-state index contributed by atoms with van der Waals surface area (Å²) in [5, 5.41) is 13.2. The van der Waals surface area contributed by atoms with Crippen LogP contribution < -0.4 is 5.32 Å². The second kappa shape index (κ2) is 7.20. The van der Waals surface area contributed by atoms with Crippen molar-refractivity contribution in [3.63, 3.8) is 0 Å². The van der Waals surface area contributed by atoms with Crippen LogP contribution in [0.2, 0.25) is 0 Å². The van der Waals surface area contributed by atoms with E-state index >= 15 is 0 Å². The molecule has 0 aromatic carbocycles. The van der Waals surface area contributed by atoms with E-state index in [1.165, 1.54) is 0 Å². The van der Waals surface area contributed by atoms with Crippen LogP contribution in [0.3, 0.4) is 0 Å². The summed E-state index contributed by atoms with van der Waals surface area (Å²) in [5.74, 6) is 0.518. The first-order valence-electron chi connectivity index (χ1n) is 5.96. The molecule has 2 N–H and O–H groups in total. The van der Waals surface area contributed by atoms with Crippen LogP contribution in [0, 0.1) is 5.92 Å². The van der Waals surface area contributed by atoms with Crippen molar-refractivity contribution in [1.82, 2.24) is 5.32 Å². The van der Waals surface area contributed by atoms with Gasteiger partial charge in [0, 0.05) is 19.2 Å². The van der Waals surface area contributed by atoms with E-state index in [9.17, 15) is 5.11 Å². The number of hydrogen-bond donors (Lipinski definition) is 2. The van der Waals surface area contributed by atoms with Crippen LogP contribution >= 0.6 is 0 Å². The third-order valence-corrected chi connectivity index (χ3v) is 2.81. The Morgan fingerprint density at radius 3 is 2.33 bits per heavy atom. The van der Waals surface area contributed by atoms with Crippen LogP contribution in [0.5, 0.6) is 0 Å². The van der Waals surface area contributed by atoms with E-state index in [0.29, 0.717) is 25.1 Å². The van der Waals surface area contributed by atoms with Gasteiger partial charge in [-0.15, -0.1) is 0 Å². The normalized spacial score (nSPS) is 17.8. The monoisotopic (exact) mass is 217 g/mol. The van der Waals surface area contributed by atoms with E-state index < -0.39 is 5.60 Å². The van der Waals surface area contributed by atoms with Crippen molar-refractivity contribution in [2.24, 2.45) is 5.92 Å². The SMILES string of the molecule is CCOCC(NCC(C)(O)CC)C(C)C. The molecule has 0 radical (unpaired) electrons. The zero-order valence-corrected chi connectivity index (χ0v) is 10.8. The summed E-state index contributed by atoms with van der Waals surface area (Å²) in [7, 11) is 0. The number of rotatable bonds is 8. The molecule has 2 unspecified atom stereocenters. The molecule has 92 valence electrons. The molecule has 0 aromatic heterocycles. The average molecular weight is 217 g/mol. The Kier molecular flexibility index (Phi) is 7.14. The number of hydrogen-bond acceptors (Lipinski definition) is 3. The summed E-state index contributed by atoms with van der Waals surface area (Å²) in [6.45, 7) is 12.3. The molecule has 0 aromatic rings. The van der Waals surface area contributed by atoms with Crippen LogP contribution in [-0.2, 0) is 4.74 Å². The predicted octanol–water partition coefficient (Wildman–Crippen LogP) is 1.80. The molecular weight excluding hydrogens is 190 g/mol. The molecule has 0 fully saturated rings. The van der Waals surface area contributed by atoms with Crippen LogP contribution in [0.4, 0.5) is 0 Å². The van der Waals surface area contributed by atoms with Crippen LogP contribution in [-0.4, -0.2) is 36.5 Å². The largest absolute Gasteiger partial charge is 0.389 e. The summed E-state index contributed by atoms with van der Waals surface area (Å²) < 4.78 is 5.41. The number of nitrogens with one attached hydrogen (secondary N) is 1. The van der Waals surface area contributed by atoms with Crippen molar-refractivity contribution in [2.75, 3.05) is 19.8 Å². The van der Waals surface area contributed by atoms with Gasteiger partial charge < -0.3 is 15.2 Å². The van der Waals surface area contributed by atoms with Crippen molar-refractivity contribution in [3.8, 4) is 0 Å². The molecule has 3 heteroatoms. The molecule has 0 aliphatic heterocycles. The highest BCUT2D eigenvalue weighted by Gasteiger charge is 2.20. The van der Waals surface area contributed by atoms with Crippen molar-refractivity contribution >= 4 is 0 Å². The molecular formula is C12H27NO2. The lowest BCUT2D eigenvalue weighted by Gasteiger charge is -2.28. The van der Waals surface area contributed by atoms with Gasteiger partial charge in [-0.05, 0) is 26.2 Å². The molecule has 3 nitrogen and oxygen atoms in total. The number of ether oxygens (including phenoxy) is 1. The minimum atomic E-state index is -0.612. The molecule has 0 aliphatic rings. The van der Waals surface area contributed by atoms with Gasteiger partial charge in [0.1, 0.15) is 0 Å². The fourth-order valence-corrected chi connectivity index (χ4v) is 1.21. The Bertz CT molecular complexity index is 158. The van der Waals surface area contributed by atoms with Gasteiger partial charge in [-0.2, -0.15) is 0 Å². The van der Waals surface area contributed by atoms with Crippen molar-refractivity contribution in [3.05, 3.63) is 0 Å². The van der Waals surface area contributed by atoms with Gasteiger partial charge in [0.05, 0.1) is 12.2 Å². The Hall–Kier alpha value is -0.120. The standard InChI is InChI=1S/C12H27NO2/c1-6-12(5,14)9-13-11(10(3)4)8-15-7-2/h10-11,13-14H,6-9H2,1-5H3. The van der Waals surface area contributed by atoms with E-state index in [1.54, 1.807) is 0 Å². The molecule has 0 aliphatic carbocycles. The van der Waals surface area contributed by atoms with Crippen LogP contribution in [0.1, 0.15) is 41.0 Å². The fourth-order valence-electron chi connectivity index (χ4n) is 1.21. The first-order valence-corrected chi connectivity index (χ1v) is 5.96. The molecule has 0 amide bonds. The second-order valence-electron chi connectivity index (χ2n) is 4.74. The summed E-state index contributed by atoms with van der Waals surface area (Å²) >= 11 is 0. The van der Waals surface area contributed by atoms with Crippen molar-refractivity contribution in [2.45, 2.75) is 52.7 Å². The van der Waals surface area contributed by atoms with Gasteiger partial charge in [-0.3, -0.25) is 0 Å². The van der Waals surface area contributed by atoms with Gasteiger partial charge in [0.15, 0.2) is 0 Å². The quantitative estimate of drug-likeness (QED) is 0.651. The van der Waals surface area contributed by atoms with Gasteiger partial charge in [0.25, 0.3) is 0 Å². The van der Waals surface area contributed by atoms with Crippen LogP contribution in [0.25, 0.3) is 0 Å². The smallest absolute Gasteiger partial charge is 0.0741 e. The third kappa shape index (κ3) is 6.88. The minimum Gasteiger partial charge on any atom is -0.389 e. The predicted molar refractivity (Wildman–Crippen MR) is 64.0 cm³/mol. The molecule has 0 spiro atoms. The summed E-state index contributed by atoms with van der Waals surface area (Å²) in [4.78, 5) is 0.